The predicted molar refractivity (Wildman–Crippen MR) is 82.8 cm³/mol. The summed E-state index contributed by atoms with van der Waals surface area (Å²) in [5, 5.41) is 11.1. The number of para-hydroxylation sites is 1. The van der Waals surface area contributed by atoms with Crippen LogP contribution in [0.4, 0.5) is 10.1 Å². The van der Waals surface area contributed by atoms with Gasteiger partial charge < -0.3 is 4.74 Å². The molecule has 2 aromatic carbocycles. The van der Waals surface area contributed by atoms with Crippen molar-refractivity contribution in [2.75, 3.05) is 0 Å². The lowest BCUT2D eigenvalue weighted by atomic mass is 10.0. The highest BCUT2D eigenvalue weighted by atomic mass is 19.1. The smallest absolute Gasteiger partial charge is 0.277 e. The molecule has 3 aromatic rings. The van der Waals surface area contributed by atoms with Crippen LogP contribution in [0.3, 0.4) is 0 Å². The molecule has 0 aliphatic heterocycles. The van der Waals surface area contributed by atoms with E-state index >= 15 is 0 Å². The van der Waals surface area contributed by atoms with E-state index in [2.05, 4.69) is 4.98 Å². The first-order chi connectivity index (χ1) is 11.1. The van der Waals surface area contributed by atoms with E-state index in [0.717, 1.165) is 6.20 Å². The van der Waals surface area contributed by atoms with Crippen LogP contribution in [-0.2, 0) is 0 Å². The van der Waals surface area contributed by atoms with E-state index in [4.69, 9.17) is 4.74 Å². The van der Waals surface area contributed by atoms with Gasteiger partial charge in [0, 0.05) is 12.1 Å². The van der Waals surface area contributed by atoms with Crippen molar-refractivity contribution in [3.63, 3.8) is 0 Å². The Bertz CT molecular complexity index is 850. The molecule has 0 saturated carbocycles. The third-order valence-electron chi connectivity index (χ3n) is 3.17. The Morgan fingerprint density at radius 1 is 1.04 bits per heavy atom. The van der Waals surface area contributed by atoms with Crippen LogP contribution in [0.5, 0.6) is 11.6 Å². The summed E-state index contributed by atoms with van der Waals surface area (Å²) >= 11 is 0. The minimum Gasteiger partial charge on any atom is -0.439 e. The summed E-state index contributed by atoms with van der Waals surface area (Å²) < 4.78 is 18.4. The summed E-state index contributed by atoms with van der Waals surface area (Å²) in [6.07, 6.45) is 1.06. The molecule has 0 unspecified atom stereocenters. The van der Waals surface area contributed by atoms with Gasteiger partial charge in [-0.3, -0.25) is 10.1 Å². The number of aromatic nitrogens is 1. The molecular formula is C17H11FN2O3. The van der Waals surface area contributed by atoms with Crippen LogP contribution in [0.25, 0.3) is 11.1 Å². The van der Waals surface area contributed by atoms with E-state index < -0.39 is 10.7 Å². The quantitative estimate of drug-likeness (QED) is 0.522. The van der Waals surface area contributed by atoms with Crippen LogP contribution in [0.15, 0.2) is 66.9 Å². The lowest BCUT2D eigenvalue weighted by Gasteiger charge is -2.07. The lowest BCUT2D eigenvalue weighted by Crippen LogP contribution is -1.92. The summed E-state index contributed by atoms with van der Waals surface area (Å²) in [5.41, 5.74) is 1.16. The predicted octanol–water partition coefficient (Wildman–Crippen LogP) is 4.59. The second-order valence-electron chi connectivity index (χ2n) is 4.72. The number of ether oxygens (including phenoxy) is 1. The highest BCUT2D eigenvalue weighted by Crippen LogP contribution is 2.32. The lowest BCUT2D eigenvalue weighted by molar-refractivity contribution is -0.384. The Balaban J connectivity index is 1.94. The van der Waals surface area contributed by atoms with Crippen LogP contribution in [-0.4, -0.2) is 9.91 Å². The van der Waals surface area contributed by atoms with Gasteiger partial charge in [-0.1, -0.05) is 24.3 Å². The molecule has 0 atom stereocenters. The van der Waals surface area contributed by atoms with E-state index in [1.807, 2.05) is 0 Å². The van der Waals surface area contributed by atoms with Gasteiger partial charge >= 0.3 is 0 Å². The van der Waals surface area contributed by atoms with Gasteiger partial charge in [-0.15, -0.1) is 0 Å². The monoisotopic (exact) mass is 310 g/mol. The summed E-state index contributed by atoms with van der Waals surface area (Å²) in [7, 11) is 0. The van der Waals surface area contributed by atoms with Gasteiger partial charge in [0.25, 0.3) is 5.69 Å². The number of hydrogen-bond acceptors (Lipinski definition) is 4. The van der Waals surface area contributed by atoms with Crippen LogP contribution in [0, 0.1) is 15.9 Å². The summed E-state index contributed by atoms with van der Waals surface area (Å²) in [4.78, 5) is 14.5. The number of hydrogen-bond donors (Lipinski definition) is 0. The molecule has 0 N–H and O–H groups in total. The van der Waals surface area contributed by atoms with Crippen molar-refractivity contribution in [3.8, 4) is 22.8 Å². The molecular weight excluding hydrogens is 299 g/mol. The topological polar surface area (TPSA) is 65.3 Å². The van der Waals surface area contributed by atoms with E-state index in [-0.39, 0.29) is 11.6 Å². The molecule has 5 nitrogen and oxygen atoms in total. The Morgan fingerprint density at radius 3 is 2.61 bits per heavy atom. The molecule has 0 aliphatic rings. The Labute approximate surface area is 131 Å². The van der Waals surface area contributed by atoms with Crippen molar-refractivity contribution in [3.05, 3.63) is 82.8 Å². The molecule has 23 heavy (non-hydrogen) atoms. The van der Waals surface area contributed by atoms with Gasteiger partial charge in [0.1, 0.15) is 11.6 Å². The zero-order chi connectivity index (χ0) is 16.2. The van der Waals surface area contributed by atoms with Crippen molar-refractivity contribution in [1.82, 2.24) is 4.98 Å². The molecule has 1 aromatic heterocycles. The Morgan fingerprint density at radius 2 is 1.87 bits per heavy atom. The second kappa shape index (κ2) is 6.23. The zero-order valence-corrected chi connectivity index (χ0v) is 11.8. The van der Waals surface area contributed by atoms with E-state index in [9.17, 15) is 14.5 Å². The Kier molecular flexibility index (Phi) is 3.97. The third kappa shape index (κ3) is 3.32. The van der Waals surface area contributed by atoms with Crippen molar-refractivity contribution in [2.24, 2.45) is 0 Å². The average molecular weight is 310 g/mol. The molecule has 3 rings (SSSR count). The van der Waals surface area contributed by atoms with Gasteiger partial charge in [0.15, 0.2) is 0 Å². The van der Waals surface area contributed by atoms with Gasteiger partial charge in [-0.25, -0.2) is 9.37 Å². The largest absolute Gasteiger partial charge is 0.439 e. The normalized spacial score (nSPS) is 10.3. The zero-order valence-electron chi connectivity index (χ0n) is 11.8. The number of halogens is 1. The standard InChI is InChI=1S/C17H11FN2O3/c18-13-8-9-17(19-11-13)23-14-5-3-4-12(10-14)15-6-1-2-7-16(15)20(21)22/h1-11H. The van der Waals surface area contributed by atoms with E-state index in [0.29, 0.717) is 16.9 Å². The average Bonchev–Trinajstić information content (AvgIpc) is 2.57. The minimum atomic E-state index is -0.453. The fourth-order valence-corrected chi connectivity index (χ4v) is 2.15. The van der Waals surface area contributed by atoms with Gasteiger partial charge in [-0.05, 0) is 29.8 Å². The highest BCUT2D eigenvalue weighted by molar-refractivity contribution is 5.74. The minimum absolute atomic E-state index is 0.0181. The molecule has 0 radical (unpaired) electrons. The number of nitrogens with zero attached hydrogens (tertiary/aromatic N) is 2. The van der Waals surface area contributed by atoms with Crippen LogP contribution >= 0.6 is 0 Å². The molecule has 0 bridgehead atoms. The maximum atomic E-state index is 12.8. The summed E-state index contributed by atoms with van der Waals surface area (Å²) in [6.45, 7) is 0. The van der Waals surface area contributed by atoms with Gasteiger partial charge in [-0.2, -0.15) is 0 Å². The molecule has 1 heterocycles. The van der Waals surface area contributed by atoms with Crippen LogP contribution in [0.1, 0.15) is 0 Å². The SMILES string of the molecule is O=[N+]([O-])c1ccccc1-c1cccc(Oc2ccc(F)cn2)c1. The summed E-state index contributed by atoms with van der Waals surface area (Å²) in [6, 6.07) is 16.0. The third-order valence-corrected chi connectivity index (χ3v) is 3.17. The van der Waals surface area contributed by atoms with Crippen molar-refractivity contribution in [1.29, 1.82) is 0 Å². The van der Waals surface area contributed by atoms with Crippen molar-refractivity contribution in [2.45, 2.75) is 0 Å². The fraction of sp³-hybridized carbons (Fsp3) is 0. The molecule has 0 spiro atoms. The number of benzene rings is 2. The van der Waals surface area contributed by atoms with Gasteiger partial charge in [0.05, 0.1) is 16.7 Å². The molecule has 6 heteroatoms. The first-order valence-corrected chi connectivity index (χ1v) is 6.77. The number of pyridine rings is 1. The number of nitro groups is 1. The molecule has 0 saturated heterocycles. The fourth-order valence-electron chi connectivity index (χ4n) is 2.15. The van der Waals surface area contributed by atoms with Crippen LogP contribution in [0.2, 0.25) is 0 Å². The number of nitro benzene ring substituents is 1. The second-order valence-corrected chi connectivity index (χ2v) is 4.72. The van der Waals surface area contributed by atoms with Crippen molar-refractivity contribution >= 4 is 5.69 Å². The van der Waals surface area contributed by atoms with Crippen LogP contribution < -0.4 is 4.74 Å². The molecule has 114 valence electrons. The number of rotatable bonds is 4. The van der Waals surface area contributed by atoms with Crippen molar-refractivity contribution < 1.29 is 14.1 Å². The van der Waals surface area contributed by atoms with Gasteiger partial charge in [0.2, 0.25) is 5.88 Å². The Hall–Kier alpha value is -3.28. The molecule has 0 aliphatic carbocycles. The maximum absolute atomic E-state index is 12.8. The maximum Gasteiger partial charge on any atom is 0.277 e. The molecule has 0 fully saturated rings. The highest BCUT2D eigenvalue weighted by Gasteiger charge is 2.14. The van der Waals surface area contributed by atoms with E-state index in [1.54, 1.807) is 42.5 Å². The first-order valence-electron chi connectivity index (χ1n) is 6.77. The first kappa shape index (κ1) is 14.6. The van der Waals surface area contributed by atoms with E-state index in [1.165, 1.54) is 18.2 Å². The molecule has 0 amide bonds. The summed E-state index contributed by atoms with van der Waals surface area (Å²) in [5.74, 6) is 0.247.